The summed E-state index contributed by atoms with van der Waals surface area (Å²) in [7, 11) is 3.55. The average molecular weight is 445 g/mol. The average Bonchev–Trinajstić information content (AvgIpc) is 3.51. The Balaban J connectivity index is 1.49. The normalized spacial score (nSPS) is 13.5. The molecule has 0 bridgehead atoms. The number of nitrogens with zero attached hydrogens (tertiary/aromatic N) is 6. The molecule has 0 N–H and O–H groups in total. The Bertz CT molecular complexity index is 1390. The minimum atomic E-state index is -0.272. The van der Waals surface area contributed by atoms with Crippen LogP contribution >= 0.6 is 0 Å². The molecule has 2 aromatic heterocycles. The van der Waals surface area contributed by atoms with Gasteiger partial charge in [0, 0.05) is 30.9 Å². The van der Waals surface area contributed by atoms with Crippen LogP contribution in [0, 0.1) is 20.8 Å². The van der Waals surface area contributed by atoms with Crippen LogP contribution in [-0.4, -0.2) is 29.6 Å². The second kappa shape index (κ2) is 8.03. The van der Waals surface area contributed by atoms with E-state index in [0.29, 0.717) is 12.5 Å². The van der Waals surface area contributed by atoms with Crippen molar-refractivity contribution < 1.29 is 4.74 Å². The fraction of sp³-hybridized carbons (Fsp3) is 0.360. The van der Waals surface area contributed by atoms with E-state index < -0.39 is 0 Å². The highest BCUT2D eigenvalue weighted by Gasteiger charge is 2.28. The second-order valence-electron chi connectivity index (χ2n) is 8.93. The maximum Gasteiger partial charge on any atom is 0.368 e. The summed E-state index contributed by atoms with van der Waals surface area (Å²) in [5.41, 5.74) is 8.00. The summed E-state index contributed by atoms with van der Waals surface area (Å²) in [6.45, 7) is 6.53. The maximum absolute atomic E-state index is 12.5. The molecule has 1 aliphatic rings. The molecule has 0 atom stereocenters. The summed E-state index contributed by atoms with van der Waals surface area (Å²) < 4.78 is 10.8. The Hall–Kier alpha value is -3.68. The molecule has 2 aromatic carbocycles. The van der Waals surface area contributed by atoms with Gasteiger partial charge in [0.15, 0.2) is 0 Å². The van der Waals surface area contributed by atoms with E-state index in [4.69, 9.17) is 4.74 Å². The smallest absolute Gasteiger partial charge is 0.368 e. The molecule has 0 radical (unpaired) electrons. The van der Waals surface area contributed by atoms with Crippen molar-refractivity contribution in [2.24, 2.45) is 14.1 Å². The first-order valence-electron chi connectivity index (χ1n) is 11.2. The second-order valence-corrected chi connectivity index (χ2v) is 8.93. The Morgan fingerprint density at radius 2 is 1.79 bits per heavy atom. The first-order valence-corrected chi connectivity index (χ1v) is 11.2. The van der Waals surface area contributed by atoms with Gasteiger partial charge < -0.3 is 4.74 Å². The third kappa shape index (κ3) is 3.86. The predicted octanol–water partition coefficient (Wildman–Crippen LogP) is 3.75. The van der Waals surface area contributed by atoms with Gasteiger partial charge >= 0.3 is 5.69 Å². The van der Waals surface area contributed by atoms with Gasteiger partial charge in [-0.15, -0.1) is 0 Å². The highest BCUT2D eigenvalue weighted by molar-refractivity contribution is 5.66. The molecular weight excluding hydrogens is 416 g/mol. The fourth-order valence-electron chi connectivity index (χ4n) is 4.25. The van der Waals surface area contributed by atoms with E-state index in [-0.39, 0.29) is 5.69 Å². The lowest BCUT2D eigenvalue weighted by Gasteiger charge is -2.17. The van der Waals surface area contributed by atoms with Crippen LogP contribution < -0.4 is 10.4 Å². The van der Waals surface area contributed by atoms with Crippen LogP contribution in [0.3, 0.4) is 0 Å². The van der Waals surface area contributed by atoms with Crippen LogP contribution in [0.5, 0.6) is 5.75 Å². The van der Waals surface area contributed by atoms with E-state index in [1.165, 1.54) is 14.9 Å². The number of tetrazole rings is 1. The van der Waals surface area contributed by atoms with Gasteiger partial charge in [-0.3, -0.25) is 4.68 Å². The lowest BCUT2D eigenvalue weighted by Crippen LogP contribution is -2.23. The lowest BCUT2D eigenvalue weighted by molar-refractivity contribution is 0.302. The quantitative estimate of drug-likeness (QED) is 0.453. The zero-order valence-corrected chi connectivity index (χ0v) is 19.7. The number of hydrogen-bond acceptors (Lipinski definition) is 5. The number of hydrogen-bond donors (Lipinski definition) is 0. The molecule has 1 saturated carbocycles. The monoisotopic (exact) mass is 444 g/mol. The molecule has 0 aliphatic heterocycles. The van der Waals surface area contributed by atoms with E-state index >= 15 is 0 Å². The molecule has 0 unspecified atom stereocenters. The van der Waals surface area contributed by atoms with E-state index in [1.807, 2.05) is 30.8 Å². The van der Waals surface area contributed by atoms with Crippen molar-refractivity contribution in [3.63, 3.8) is 0 Å². The van der Waals surface area contributed by atoms with E-state index in [2.05, 4.69) is 53.6 Å². The van der Waals surface area contributed by atoms with Gasteiger partial charge in [0.2, 0.25) is 0 Å². The Labute approximate surface area is 192 Å². The van der Waals surface area contributed by atoms with Crippen LogP contribution in [0.1, 0.15) is 46.7 Å². The molecule has 5 rings (SSSR count). The molecule has 8 heteroatoms. The predicted molar refractivity (Wildman–Crippen MR) is 126 cm³/mol. The molecule has 1 fully saturated rings. The largest absolute Gasteiger partial charge is 0.489 e. The van der Waals surface area contributed by atoms with Gasteiger partial charge in [-0.1, -0.05) is 12.1 Å². The summed E-state index contributed by atoms with van der Waals surface area (Å²) in [6, 6.07) is 12.3. The van der Waals surface area contributed by atoms with Crippen molar-refractivity contribution in [2.45, 2.75) is 46.1 Å². The molecule has 0 amide bonds. The maximum atomic E-state index is 12.5. The number of rotatable bonds is 6. The number of ether oxygens (including phenoxy) is 1. The Kier molecular flexibility index (Phi) is 5.15. The molecule has 170 valence electrons. The molecular formula is C25H28N6O2. The SMILES string of the molecule is Cc1cc(-c2cc(C)n(C)n2)c(C)cc1OCc1c(C2CC2)cccc1-n1nnn(C)c1=O. The molecule has 0 saturated heterocycles. The standard InChI is InChI=1S/C25H28N6O2/c1-15-12-24(16(2)11-20(15)22-13-17(3)29(4)26-22)33-14-21-19(18-9-10-18)7-6-8-23(21)31-25(32)30(5)27-28-31/h6-8,11-13,18H,9-10,14H2,1-5H3. The Morgan fingerprint density at radius 3 is 2.42 bits per heavy atom. The van der Waals surface area contributed by atoms with Crippen LogP contribution in [0.4, 0.5) is 0 Å². The summed E-state index contributed by atoms with van der Waals surface area (Å²) in [6.07, 6.45) is 2.31. The van der Waals surface area contributed by atoms with Crippen LogP contribution in [0.25, 0.3) is 16.9 Å². The fourth-order valence-corrected chi connectivity index (χ4v) is 4.25. The van der Waals surface area contributed by atoms with Gasteiger partial charge in [0.25, 0.3) is 0 Å². The van der Waals surface area contributed by atoms with Crippen molar-refractivity contribution in [1.82, 2.24) is 29.6 Å². The van der Waals surface area contributed by atoms with Crippen molar-refractivity contribution in [3.8, 4) is 22.7 Å². The summed E-state index contributed by atoms with van der Waals surface area (Å²) in [5, 5.41) is 12.6. The van der Waals surface area contributed by atoms with Gasteiger partial charge in [0.1, 0.15) is 12.4 Å². The van der Waals surface area contributed by atoms with Crippen LogP contribution in [0.15, 0.2) is 41.2 Å². The van der Waals surface area contributed by atoms with Crippen molar-refractivity contribution in [2.75, 3.05) is 0 Å². The molecule has 1 aliphatic carbocycles. The number of aryl methyl sites for hydroxylation is 5. The molecule has 2 heterocycles. The minimum Gasteiger partial charge on any atom is -0.489 e. The highest BCUT2D eigenvalue weighted by atomic mass is 16.5. The highest BCUT2D eigenvalue weighted by Crippen LogP contribution is 2.43. The molecule has 4 aromatic rings. The lowest BCUT2D eigenvalue weighted by atomic mass is 10.0. The van der Waals surface area contributed by atoms with Crippen molar-refractivity contribution in [3.05, 3.63) is 74.8 Å². The third-order valence-corrected chi connectivity index (χ3v) is 6.44. The Morgan fingerprint density at radius 1 is 1.00 bits per heavy atom. The van der Waals surface area contributed by atoms with E-state index in [9.17, 15) is 4.79 Å². The first kappa shape index (κ1) is 21.2. The van der Waals surface area contributed by atoms with Crippen molar-refractivity contribution >= 4 is 0 Å². The number of benzene rings is 2. The first-order chi connectivity index (χ1) is 15.8. The van der Waals surface area contributed by atoms with Gasteiger partial charge in [-0.2, -0.15) is 14.5 Å². The summed E-state index contributed by atoms with van der Waals surface area (Å²) in [4.78, 5) is 12.5. The summed E-state index contributed by atoms with van der Waals surface area (Å²) in [5.74, 6) is 1.33. The van der Waals surface area contributed by atoms with E-state index in [0.717, 1.165) is 57.9 Å². The zero-order chi connectivity index (χ0) is 23.3. The van der Waals surface area contributed by atoms with Gasteiger partial charge in [-0.05, 0) is 90.9 Å². The minimum absolute atomic E-state index is 0.272. The van der Waals surface area contributed by atoms with Crippen molar-refractivity contribution in [1.29, 1.82) is 0 Å². The third-order valence-electron chi connectivity index (χ3n) is 6.44. The zero-order valence-electron chi connectivity index (χ0n) is 19.7. The number of aromatic nitrogens is 6. The molecule has 0 spiro atoms. The van der Waals surface area contributed by atoms with Crippen LogP contribution in [0.2, 0.25) is 0 Å². The molecule has 33 heavy (non-hydrogen) atoms. The van der Waals surface area contributed by atoms with Gasteiger partial charge in [-0.25, -0.2) is 4.79 Å². The summed E-state index contributed by atoms with van der Waals surface area (Å²) >= 11 is 0. The van der Waals surface area contributed by atoms with Gasteiger partial charge in [0.05, 0.1) is 11.4 Å². The topological polar surface area (TPSA) is 79.8 Å². The van der Waals surface area contributed by atoms with Crippen LogP contribution in [-0.2, 0) is 20.7 Å². The van der Waals surface area contributed by atoms with E-state index in [1.54, 1.807) is 7.05 Å². The molecule has 8 nitrogen and oxygen atoms in total.